The van der Waals surface area contributed by atoms with Gasteiger partial charge in [0.2, 0.25) is 0 Å². The van der Waals surface area contributed by atoms with Gasteiger partial charge in [0.15, 0.2) is 0 Å². The highest BCUT2D eigenvalue weighted by Crippen LogP contribution is 2.35. The molecular formula is C29H41N3. The van der Waals surface area contributed by atoms with Gasteiger partial charge >= 0.3 is 0 Å². The first-order chi connectivity index (χ1) is 15.3. The van der Waals surface area contributed by atoms with Crippen LogP contribution in [0.3, 0.4) is 0 Å². The van der Waals surface area contributed by atoms with E-state index in [1.165, 1.54) is 43.2 Å². The van der Waals surface area contributed by atoms with Crippen LogP contribution in [0.1, 0.15) is 115 Å². The van der Waals surface area contributed by atoms with Gasteiger partial charge in [0.1, 0.15) is 0 Å². The highest BCUT2D eigenvalue weighted by molar-refractivity contribution is 6.01. The average Bonchev–Trinajstić information content (AvgIpc) is 2.79. The lowest BCUT2D eigenvalue weighted by molar-refractivity contribution is 0.318. The van der Waals surface area contributed by atoms with Crippen molar-refractivity contribution in [3.63, 3.8) is 0 Å². The van der Waals surface area contributed by atoms with Gasteiger partial charge in [-0.1, -0.05) is 71.2 Å². The Morgan fingerprint density at radius 3 is 1.88 bits per heavy atom. The first kappa shape index (κ1) is 24.4. The number of hydrogen-bond acceptors (Lipinski definition) is 3. The van der Waals surface area contributed by atoms with Gasteiger partial charge < -0.3 is 0 Å². The Bertz CT molecular complexity index is 936. The molecule has 3 rings (SSSR count). The van der Waals surface area contributed by atoms with Gasteiger partial charge in [0, 0.05) is 0 Å². The second-order valence-corrected chi connectivity index (χ2v) is 10.1. The lowest BCUT2D eigenvalue weighted by Crippen LogP contribution is -2.20. The molecule has 32 heavy (non-hydrogen) atoms. The minimum atomic E-state index is 0.363. The van der Waals surface area contributed by atoms with Gasteiger partial charge in [-0.25, -0.2) is 4.98 Å². The summed E-state index contributed by atoms with van der Waals surface area (Å²) >= 11 is 0. The molecule has 3 heteroatoms. The number of benzene rings is 1. The van der Waals surface area contributed by atoms with Crippen molar-refractivity contribution in [3.05, 3.63) is 58.9 Å². The molecule has 0 saturated heterocycles. The van der Waals surface area contributed by atoms with Gasteiger partial charge in [-0.15, -0.1) is 0 Å². The van der Waals surface area contributed by atoms with E-state index in [4.69, 9.17) is 15.0 Å². The maximum absolute atomic E-state index is 5.12. The van der Waals surface area contributed by atoms with Crippen molar-refractivity contribution in [3.8, 4) is 0 Å². The molecule has 2 aromatic rings. The van der Waals surface area contributed by atoms with Crippen LogP contribution in [-0.4, -0.2) is 22.4 Å². The zero-order valence-corrected chi connectivity index (χ0v) is 21.2. The van der Waals surface area contributed by atoms with E-state index in [9.17, 15) is 0 Å². The number of aliphatic imine (C=N–C) groups is 2. The smallest absolute Gasteiger partial charge is 0.0849 e. The van der Waals surface area contributed by atoms with Gasteiger partial charge in [-0.2, -0.15) is 0 Å². The molecule has 0 N–H and O–H groups in total. The molecule has 1 aliphatic rings. The quantitative estimate of drug-likeness (QED) is 0.407. The normalized spacial score (nSPS) is 17.3. The predicted octanol–water partition coefficient (Wildman–Crippen LogP) is 8.25. The number of hydrogen-bond donors (Lipinski definition) is 0. The van der Waals surface area contributed by atoms with Crippen LogP contribution in [0.25, 0.3) is 0 Å². The third-order valence-electron chi connectivity index (χ3n) is 6.84. The standard InChI is InChI=1S/C29H41N3/c1-19(2)25-15-11-16-26(20(3)4)29(25)31-23(7)28-18-12-17-27(32-28)22(6)30-21(5)24-13-9-8-10-14-24/h11-12,15-21,24H,8-10,13-14H2,1-7H3/b30-22+,31-23+/t21-/m0/s1. The van der Waals surface area contributed by atoms with Gasteiger partial charge in [0.05, 0.1) is 34.5 Å². The van der Waals surface area contributed by atoms with Crippen molar-refractivity contribution in [1.82, 2.24) is 4.98 Å². The largest absolute Gasteiger partial charge is 0.284 e. The average molecular weight is 432 g/mol. The fraction of sp³-hybridized carbons (Fsp3) is 0.552. The van der Waals surface area contributed by atoms with E-state index in [1.807, 2.05) is 0 Å². The van der Waals surface area contributed by atoms with Crippen molar-refractivity contribution in [2.45, 2.75) is 98.4 Å². The fourth-order valence-electron chi connectivity index (χ4n) is 4.80. The molecule has 0 unspecified atom stereocenters. The molecule has 1 atom stereocenters. The molecule has 172 valence electrons. The molecule has 1 aromatic heterocycles. The molecule has 0 bridgehead atoms. The van der Waals surface area contributed by atoms with Crippen molar-refractivity contribution in [1.29, 1.82) is 0 Å². The summed E-state index contributed by atoms with van der Waals surface area (Å²) < 4.78 is 0. The summed E-state index contributed by atoms with van der Waals surface area (Å²) in [5.74, 6) is 1.57. The number of aromatic nitrogens is 1. The van der Waals surface area contributed by atoms with E-state index in [2.05, 4.69) is 84.9 Å². The summed E-state index contributed by atoms with van der Waals surface area (Å²) in [5.41, 5.74) is 7.57. The summed E-state index contributed by atoms with van der Waals surface area (Å²) in [6, 6.07) is 13.1. The molecule has 3 nitrogen and oxygen atoms in total. The number of pyridine rings is 1. The molecule has 0 amide bonds. The Hall–Kier alpha value is -2.29. The maximum Gasteiger partial charge on any atom is 0.0849 e. The van der Waals surface area contributed by atoms with E-state index < -0.39 is 0 Å². The highest BCUT2D eigenvalue weighted by Gasteiger charge is 2.20. The number of nitrogens with zero attached hydrogens (tertiary/aromatic N) is 3. The van der Waals surface area contributed by atoms with Crippen LogP contribution in [0.15, 0.2) is 46.4 Å². The van der Waals surface area contributed by atoms with Crippen molar-refractivity contribution in [2.75, 3.05) is 0 Å². The van der Waals surface area contributed by atoms with Crippen LogP contribution in [0.4, 0.5) is 5.69 Å². The SMILES string of the molecule is C/C(=N\c1c(C(C)C)cccc1C(C)C)c1cccc(/C(C)=N/[C@@H](C)C2CCCCC2)n1. The van der Waals surface area contributed by atoms with Crippen LogP contribution >= 0.6 is 0 Å². The van der Waals surface area contributed by atoms with Crippen LogP contribution in [0, 0.1) is 5.92 Å². The minimum absolute atomic E-state index is 0.363. The summed E-state index contributed by atoms with van der Waals surface area (Å²) in [4.78, 5) is 15.1. The molecule has 1 saturated carbocycles. The zero-order valence-electron chi connectivity index (χ0n) is 21.2. The van der Waals surface area contributed by atoms with E-state index in [-0.39, 0.29) is 0 Å². The molecule has 0 radical (unpaired) electrons. The Morgan fingerprint density at radius 2 is 1.31 bits per heavy atom. The Morgan fingerprint density at radius 1 is 0.781 bits per heavy atom. The maximum atomic E-state index is 5.12. The van der Waals surface area contributed by atoms with E-state index in [0.29, 0.717) is 23.8 Å². The lowest BCUT2D eigenvalue weighted by atomic mass is 9.85. The third-order valence-corrected chi connectivity index (χ3v) is 6.84. The predicted molar refractivity (Wildman–Crippen MR) is 139 cm³/mol. The molecule has 1 fully saturated rings. The summed E-state index contributed by atoms with van der Waals surface area (Å²) in [7, 11) is 0. The molecule has 0 spiro atoms. The van der Waals surface area contributed by atoms with Crippen molar-refractivity contribution < 1.29 is 0 Å². The Kier molecular flexibility index (Phi) is 8.39. The fourth-order valence-corrected chi connectivity index (χ4v) is 4.80. The highest BCUT2D eigenvalue weighted by atomic mass is 14.9. The van der Waals surface area contributed by atoms with Gasteiger partial charge in [-0.3, -0.25) is 9.98 Å². The van der Waals surface area contributed by atoms with Crippen LogP contribution in [0.2, 0.25) is 0 Å². The summed E-state index contributed by atoms with van der Waals surface area (Å²) in [6.07, 6.45) is 6.70. The first-order valence-corrected chi connectivity index (χ1v) is 12.5. The summed E-state index contributed by atoms with van der Waals surface area (Å²) in [5, 5.41) is 0. The molecular weight excluding hydrogens is 390 g/mol. The van der Waals surface area contributed by atoms with E-state index >= 15 is 0 Å². The van der Waals surface area contributed by atoms with E-state index in [0.717, 1.165) is 28.5 Å². The Labute approximate surface area is 195 Å². The second kappa shape index (κ2) is 11.0. The molecule has 0 aliphatic heterocycles. The number of para-hydroxylation sites is 1. The topological polar surface area (TPSA) is 37.6 Å². The van der Waals surface area contributed by atoms with Crippen LogP contribution in [0.5, 0.6) is 0 Å². The first-order valence-electron chi connectivity index (χ1n) is 12.5. The van der Waals surface area contributed by atoms with Crippen LogP contribution < -0.4 is 0 Å². The van der Waals surface area contributed by atoms with E-state index in [1.54, 1.807) is 0 Å². The van der Waals surface area contributed by atoms with Crippen molar-refractivity contribution in [2.24, 2.45) is 15.9 Å². The van der Waals surface area contributed by atoms with Crippen molar-refractivity contribution >= 4 is 17.1 Å². The lowest BCUT2D eigenvalue weighted by Gasteiger charge is -2.25. The number of rotatable bonds is 7. The molecule has 1 aromatic carbocycles. The molecule has 1 heterocycles. The van der Waals surface area contributed by atoms with Gasteiger partial charge in [-0.05, 0) is 74.6 Å². The third kappa shape index (κ3) is 5.94. The monoisotopic (exact) mass is 431 g/mol. The molecule has 1 aliphatic carbocycles. The van der Waals surface area contributed by atoms with Crippen LogP contribution in [-0.2, 0) is 0 Å². The Balaban J connectivity index is 1.91. The zero-order chi connectivity index (χ0) is 23.3. The second-order valence-electron chi connectivity index (χ2n) is 10.1. The summed E-state index contributed by atoms with van der Waals surface area (Å²) in [6.45, 7) is 15.4. The van der Waals surface area contributed by atoms with Gasteiger partial charge in [0.25, 0.3) is 0 Å². The minimum Gasteiger partial charge on any atom is -0.284 e.